The second-order valence-corrected chi connectivity index (χ2v) is 19.4. The summed E-state index contributed by atoms with van der Waals surface area (Å²) in [4.78, 5) is 75.0. The topological polar surface area (TPSA) is 283 Å². The smallest absolute Gasteiger partial charge is 0.408 e. The van der Waals surface area contributed by atoms with E-state index >= 15 is 0 Å². The molecule has 0 radical (unpaired) electrons. The molecule has 2 rings (SSSR count). The van der Waals surface area contributed by atoms with Crippen molar-refractivity contribution in [1.82, 2.24) is 21.3 Å². The highest BCUT2D eigenvalue weighted by molar-refractivity contribution is 5.86. The average molecular weight is 997 g/mol. The molecular weight excluding hydrogens is 921 g/mol. The second-order valence-electron chi connectivity index (χ2n) is 19.4. The summed E-state index contributed by atoms with van der Waals surface area (Å²) in [5.41, 5.74) is -2.28. The van der Waals surface area contributed by atoms with E-state index in [2.05, 4.69) is 21.3 Å². The number of carbonyl (C=O) groups excluding carboxylic acids is 6. The maximum absolute atomic E-state index is 12.6. The van der Waals surface area contributed by atoms with Gasteiger partial charge in [0.1, 0.15) is 81.2 Å². The van der Waals surface area contributed by atoms with Gasteiger partial charge in [-0.05, 0) is 83.1 Å². The summed E-state index contributed by atoms with van der Waals surface area (Å²) in [6.45, 7) is 19.9. The Hall–Kier alpha value is -6.42. The number of rotatable bonds is 20. The summed E-state index contributed by atoms with van der Waals surface area (Å²) in [7, 11) is 8.84. The van der Waals surface area contributed by atoms with Crippen LogP contribution in [0.25, 0.3) is 0 Å². The maximum Gasteiger partial charge on any atom is 0.408 e. The summed E-state index contributed by atoms with van der Waals surface area (Å²) in [6, 6.07) is 3.87. The van der Waals surface area contributed by atoms with Gasteiger partial charge in [0, 0.05) is 37.1 Å². The summed E-state index contributed by atoms with van der Waals surface area (Å²) < 4.78 is 52.8. The van der Waals surface area contributed by atoms with E-state index in [0.717, 1.165) is 0 Å². The van der Waals surface area contributed by atoms with Crippen molar-refractivity contribution in [2.45, 2.75) is 156 Å². The molecule has 0 fully saturated rings. The molecule has 0 spiro atoms. The molecule has 22 heteroatoms. The van der Waals surface area contributed by atoms with Gasteiger partial charge in [0.25, 0.3) is 0 Å². The number of nitrogens with one attached hydrogen (secondary N) is 4. The highest BCUT2D eigenvalue weighted by Crippen LogP contribution is 2.35. The molecular formula is C48H76N4O18. The first-order chi connectivity index (χ1) is 32.2. The summed E-state index contributed by atoms with van der Waals surface area (Å²) >= 11 is 0. The van der Waals surface area contributed by atoms with Crippen LogP contribution in [0.2, 0.25) is 0 Å². The molecule has 70 heavy (non-hydrogen) atoms. The molecule has 2 aromatic rings. The summed E-state index contributed by atoms with van der Waals surface area (Å²) in [6.07, 6.45) is -5.91. The van der Waals surface area contributed by atoms with Gasteiger partial charge in [0.2, 0.25) is 11.8 Å². The highest BCUT2D eigenvalue weighted by atomic mass is 16.6. The van der Waals surface area contributed by atoms with Crippen LogP contribution in [-0.2, 0) is 51.2 Å². The number of esters is 2. The number of aliphatic hydroxyl groups excluding tert-OH is 2. The third kappa shape index (κ3) is 22.8. The SMILES string of the molecule is COc1cc(OC)c(CNC(=O)[C@@H](O)C[C@H](NC(=O)OC(C)(C)C)C(=O)OC(C)(C)C)c(OC)c1.COc1cc(OC)c(CNC(=O)[C@H](O)C[C@H](NC(=O)OC(C)(C)C)C(=O)OC(C)(C)C)c(OC)c1. The van der Waals surface area contributed by atoms with Gasteiger partial charge in [-0.15, -0.1) is 0 Å². The molecule has 0 aliphatic heterocycles. The largest absolute Gasteiger partial charge is 0.496 e. The van der Waals surface area contributed by atoms with Crippen molar-refractivity contribution in [2.75, 3.05) is 42.7 Å². The molecule has 0 saturated carbocycles. The van der Waals surface area contributed by atoms with Gasteiger partial charge in [-0.1, -0.05) is 0 Å². The summed E-state index contributed by atoms with van der Waals surface area (Å²) in [5.74, 6) is -0.521. The lowest BCUT2D eigenvalue weighted by molar-refractivity contribution is -0.159. The molecule has 396 valence electrons. The first kappa shape index (κ1) is 61.6. The van der Waals surface area contributed by atoms with Crippen LogP contribution in [0.3, 0.4) is 0 Å². The van der Waals surface area contributed by atoms with Crippen molar-refractivity contribution < 1.29 is 86.3 Å². The number of amides is 4. The molecule has 2 aromatic carbocycles. The van der Waals surface area contributed by atoms with Crippen molar-refractivity contribution in [3.63, 3.8) is 0 Å². The molecule has 0 bridgehead atoms. The normalized spacial score (nSPS) is 13.2. The zero-order valence-electron chi connectivity index (χ0n) is 43.9. The number of carbonyl (C=O) groups is 6. The molecule has 4 amide bonds. The fourth-order valence-electron chi connectivity index (χ4n) is 5.82. The molecule has 0 aliphatic rings. The van der Waals surface area contributed by atoms with E-state index in [0.29, 0.717) is 45.6 Å². The fourth-order valence-corrected chi connectivity index (χ4v) is 5.82. The molecule has 4 atom stereocenters. The van der Waals surface area contributed by atoms with Crippen molar-refractivity contribution in [2.24, 2.45) is 0 Å². The van der Waals surface area contributed by atoms with Crippen LogP contribution in [0.1, 0.15) is 107 Å². The van der Waals surface area contributed by atoms with Crippen LogP contribution in [0.4, 0.5) is 9.59 Å². The number of hydrogen-bond donors (Lipinski definition) is 6. The average Bonchev–Trinajstić information content (AvgIpc) is 3.23. The quantitative estimate of drug-likeness (QED) is 0.0779. The molecule has 0 aromatic heterocycles. The fraction of sp³-hybridized carbons (Fsp3) is 0.625. The van der Waals surface area contributed by atoms with E-state index in [-0.39, 0.29) is 13.1 Å². The van der Waals surface area contributed by atoms with Crippen LogP contribution in [0, 0.1) is 0 Å². The van der Waals surface area contributed by atoms with Crippen LogP contribution in [0.5, 0.6) is 34.5 Å². The zero-order valence-corrected chi connectivity index (χ0v) is 43.9. The minimum absolute atomic E-state index is 0.0389. The van der Waals surface area contributed by atoms with Crippen LogP contribution < -0.4 is 49.7 Å². The Morgan fingerprint density at radius 2 is 0.700 bits per heavy atom. The first-order valence-electron chi connectivity index (χ1n) is 22.1. The van der Waals surface area contributed by atoms with E-state index in [1.165, 1.54) is 42.7 Å². The van der Waals surface area contributed by atoms with Crippen molar-refractivity contribution in [3.8, 4) is 34.5 Å². The van der Waals surface area contributed by atoms with Crippen molar-refractivity contribution in [1.29, 1.82) is 0 Å². The Morgan fingerprint density at radius 3 is 0.914 bits per heavy atom. The van der Waals surface area contributed by atoms with Crippen LogP contribution in [-0.4, -0.2) is 136 Å². The standard InChI is InChI=1S/2C24H38N2O9/c2*1-23(2,3)34-21(29)16(26-22(30)35-24(4,5)6)12-17(27)20(28)25-13-15-18(32-8)10-14(31-7)11-19(15)33-9/h2*10-11,16-17,27H,12-13H2,1-9H3,(H,25,28)(H,26,30)/t16-,17+;16-,17-/m00/s1. The lowest BCUT2D eigenvalue weighted by atomic mass is 10.1. The van der Waals surface area contributed by atoms with E-state index in [1.54, 1.807) is 107 Å². The minimum Gasteiger partial charge on any atom is -0.496 e. The lowest BCUT2D eigenvalue weighted by Crippen LogP contribution is -2.49. The van der Waals surface area contributed by atoms with E-state index in [4.69, 9.17) is 47.4 Å². The number of benzene rings is 2. The van der Waals surface area contributed by atoms with E-state index in [1.807, 2.05) is 0 Å². The monoisotopic (exact) mass is 997 g/mol. The maximum atomic E-state index is 12.6. The molecule has 6 N–H and O–H groups in total. The predicted molar refractivity (Wildman–Crippen MR) is 255 cm³/mol. The Labute approximate surface area is 411 Å². The number of ether oxygens (including phenoxy) is 10. The van der Waals surface area contributed by atoms with Gasteiger partial charge >= 0.3 is 24.1 Å². The molecule has 0 aliphatic carbocycles. The van der Waals surface area contributed by atoms with Crippen LogP contribution in [0.15, 0.2) is 24.3 Å². The number of alkyl carbamates (subject to hydrolysis) is 2. The summed E-state index contributed by atoms with van der Waals surface area (Å²) in [5, 5.41) is 30.9. The van der Waals surface area contributed by atoms with E-state index in [9.17, 15) is 39.0 Å². The number of hydrogen-bond acceptors (Lipinski definition) is 18. The molecule has 22 nitrogen and oxygen atoms in total. The van der Waals surface area contributed by atoms with Gasteiger partial charge in [-0.3, -0.25) is 9.59 Å². The third-order valence-corrected chi connectivity index (χ3v) is 8.80. The van der Waals surface area contributed by atoms with E-state index < -0.39 is 95.5 Å². The Morgan fingerprint density at radius 1 is 0.443 bits per heavy atom. The molecule has 0 heterocycles. The van der Waals surface area contributed by atoms with Gasteiger partial charge in [0.05, 0.1) is 66.9 Å². The Kier molecular flexibility index (Phi) is 23.8. The molecule has 0 saturated heterocycles. The van der Waals surface area contributed by atoms with Crippen LogP contribution >= 0.6 is 0 Å². The minimum atomic E-state index is -1.64. The third-order valence-electron chi connectivity index (χ3n) is 8.80. The predicted octanol–water partition coefficient (Wildman–Crippen LogP) is 4.63. The van der Waals surface area contributed by atoms with Gasteiger partial charge in [-0.25, -0.2) is 19.2 Å². The Bertz CT molecular complexity index is 1870. The highest BCUT2D eigenvalue weighted by Gasteiger charge is 2.34. The number of aliphatic hydroxyl groups is 2. The Balaban J connectivity index is 0.000000700. The second kappa shape index (κ2) is 27.1. The molecule has 0 unspecified atom stereocenters. The van der Waals surface area contributed by atoms with Crippen molar-refractivity contribution in [3.05, 3.63) is 35.4 Å². The van der Waals surface area contributed by atoms with Gasteiger partial charge in [-0.2, -0.15) is 0 Å². The van der Waals surface area contributed by atoms with Crippen molar-refractivity contribution >= 4 is 35.9 Å². The lowest BCUT2D eigenvalue weighted by Gasteiger charge is -2.27. The van der Waals surface area contributed by atoms with Gasteiger partial charge < -0.3 is 78.8 Å². The number of methoxy groups -OCH3 is 6. The van der Waals surface area contributed by atoms with Gasteiger partial charge in [0.15, 0.2) is 0 Å². The first-order valence-corrected chi connectivity index (χ1v) is 22.1. The zero-order chi connectivity index (χ0) is 53.9.